The number of hydrogen-bond donors (Lipinski definition) is 1. The maximum Gasteiger partial charge on any atom is 0.354 e. The molecule has 2 rings (SSSR count). The molecule has 0 amide bonds. The van der Waals surface area contributed by atoms with Gasteiger partial charge in [-0.15, -0.1) is 0 Å². The third kappa shape index (κ3) is 2.82. The zero-order valence-corrected chi connectivity index (χ0v) is 9.95. The van der Waals surface area contributed by atoms with Gasteiger partial charge in [0.1, 0.15) is 5.69 Å². The van der Waals surface area contributed by atoms with Crippen LogP contribution in [0.4, 0.5) is 5.69 Å². The Balaban J connectivity index is 2.09. The Kier molecular flexibility index (Phi) is 3.52. The van der Waals surface area contributed by atoms with Crippen LogP contribution in [0.2, 0.25) is 0 Å². The standard InChI is InChI=1S/C13H13N3O2/c1-16(9-10-4-6-14-7-5-10)11-2-3-12(13(17)18)15-8-11/h2-8H,9H2,1H3,(H,17,18). The van der Waals surface area contributed by atoms with E-state index in [2.05, 4.69) is 9.97 Å². The van der Waals surface area contributed by atoms with E-state index in [1.165, 1.54) is 6.07 Å². The molecule has 0 saturated heterocycles. The second kappa shape index (κ2) is 5.27. The van der Waals surface area contributed by atoms with Crippen LogP contribution in [0.25, 0.3) is 0 Å². The lowest BCUT2D eigenvalue weighted by molar-refractivity contribution is 0.0690. The van der Waals surface area contributed by atoms with Crippen LogP contribution >= 0.6 is 0 Å². The van der Waals surface area contributed by atoms with E-state index < -0.39 is 5.97 Å². The van der Waals surface area contributed by atoms with Crippen LogP contribution in [0, 0.1) is 0 Å². The Morgan fingerprint density at radius 3 is 2.56 bits per heavy atom. The molecule has 5 heteroatoms. The molecule has 2 aromatic rings. The maximum atomic E-state index is 10.7. The minimum atomic E-state index is -1.02. The molecule has 2 heterocycles. The van der Waals surface area contributed by atoms with Crippen molar-refractivity contribution < 1.29 is 9.90 Å². The van der Waals surface area contributed by atoms with Gasteiger partial charge in [0.2, 0.25) is 0 Å². The average molecular weight is 243 g/mol. The van der Waals surface area contributed by atoms with E-state index in [9.17, 15) is 4.79 Å². The van der Waals surface area contributed by atoms with E-state index in [0.717, 1.165) is 17.8 Å². The first-order valence-electron chi connectivity index (χ1n) is 5.46. The Morgan fingerprint density at radius 2 is 2.00 bits per heavy atom. The number of aromatic nitrogens is 2. The van der Waals surface area contributed by atoms with Crippen LogP contribution < -0.4 is 4.90 Å². The van der Waals surface area contributed by atoms with Gasteiger partial charge in [0.05, 0.1) is 11.9 Å². The highest BCUT2D eigenvalue weighted by molar-refractivity contribution is 5.85. The van der Waals surface area contributed by atoms with E-state index in [4.69, 9.17) is 5.11 Å². The molecule has 0 saturated carbocycles. The summed E-state index contributed by atoms with van der Waals surface area (Å²) in [6.45, 7) is 0.719. The molecule has 0 fully saturated rings. The van der Waals surface area contributed by atoms with Gasteiger partial charge >= 0.3 is 5.97 Å². The smallest absolute Gasteiger partial charge is 0.354 e. The van der Waals surface area contributed by atoms with Crippen molar-refractivity contribution in [1.29, 1.82) is 0 Å². The van der Waals surface area contributed by atoms with Crippen molar-refractivity contribution in [3.8, 4) is 0 Å². The molecule has 0 aliphatic heterocycles. The Hall–Kier alpha value is -2.43. The molecular weight excluding hydrogens is 230 g/mol. The summed E-state index contributed by atoms with van der Waals surface area (Å²) in [5.41, 5.74) is 2.06. The lowest BCUT2D eigenvalue weighted by atomic mass is 10.2. The monoisotopic (exact) mass is 243 g/mol. The summed E-state index contributed by atoms with van der Waals surface area (Å²) in [4.78, 5) is 20.5. The molecule has 0 radical (unpaired) electrons. The van der Waals surface area contributed by atoms with Gasteiger partial charge in [-0.3, -0.25) is 4.98 Å². The zero-order valence-electron chi connectivity index (χ0n) is 9.95. The number of aromatic carboxylic acids is 1. The highest BCUT2D eigenvalue weighted by Crippen LogP contribution is 2.14. The van der Waals surface area contributed by atoms with Crippen molar-refractivity contribution in [1.82, 2.24) is 9.97 Å². The van der Waals surface area contributed by atoms with Crippen LogP contribution in [-0.4, -0.2) is 28.1 Å². The second-order valence-electron chi connectivity index (χ2n) is 3.92. The van der Waals surface area contributed by atoms with Crippen molar-refractivity contribution in [2.24, 2.45) is 0 Å². The summed E-state index contributed by atoms with van der Waals surface area (Å²) >= 11 is 0. The SMILES string of the molecule is CN(Cc1ccncc1)c1ccc(C(=O)O)nc1. The van der Waals surface area contributed by atoms with E-state index in [1.54, 1.807) is 24.7 Å². The van der Waals surface area contributed by atoms with Gasteiger partial charge in [-0.05, 0) is 29.8 Å². The Labute approximate surface area is 105 Å². The number of carboxylic acid groups (broad SMARTS) is 1. The van der Waals surface area contributed by atoms with E-state index >= 15 is 0 Å². The van der Waals surface area contributed by atoms with Crippen molar-refractivity contribution in [3.63, 3.8) is 0 Å². The minimum Gasteiger partial charge on any atom is -0.477 e. The molecular formula is C13H13N3O2. The van der Waals surface area contributed by atoms with E-state index in [0.29, 0.717) is 0 Å². The first-order chi connectivity index (χ1) is 8.66. The lowest BCUT2D eigenvalue weighted by Gasteiger charge is -2.18. The summed E-state index contributed by atoms with van der Waals surface area (Å²) in [6.07, 6.45) is 5.05. The lowest BCUT2D eigenvalue weighted by Crippen LogP contribution is -2.16. The fourth-order valence-corrected chi connectivity index (χ4v) is 1.59. The fraction of sp³-hybridized carbons (Fsp3) is 0.154. The summed E-state index contributed by atoms with van der Waals surface area (Å²) in [5, 5.41) is 8.77. The van der Waals surface area contributed by atoms with Crippen molar-refractivity contribution in [3.05, 3.63) is 54.1 Å². The number of hydrogen-bond acceptors (Lipinski definition) is 4. The maximum absolute atomic E-state index is 10.7. The average Bonchev–Trinajstić information content (AvgIpc) is 2.40. The molecule has 5 nitrogen and oxygen atoms in total. The van der Waals surface area contributed by atoms with Crippen LogP contribution in [-0.2, 0) is 6.54 Å². The molecule has 2 aromatic heterocycles. The molecule has 0 aromatic carbocycles. The first kappa shape index (κ1) is 12.0. The highest BCUT2D eigenvalue weighted by atomic mass is 16.4. The second-order valence-corrected chi connectivity index (χ2v) is 3.92. The van der Waals surface area contributed by atoms with E-state index in [1.807, 2.05) is 24.1 Å². The predicted molar refractivity (Wildman–Crippen MR) is 67.5 cm³/mol. The van der Waals surface area contributed by atoms with Crippen LogP contribution in [0.15, 0.2) is 42.9 Å². The highest BCUT2D eigenvalue weighted by Gasteiger charge is 2.06. The minimum absolute atomic E-state index is 0.0519. The van der Waals surface area contributed by atoms with Crippen LogP contribution in [0.1, 0.15) is 16.1 Å². The first-order valence-corrected chi connectivity index (χ1v) is 5.46. The number of carboxylic acids is 1. The summed E-state index contributed by atoms with van der Waals surface area (Å²) in [5.74, 6) is -1.02. The van der Waals surface area contributed by atoms with Gasteiger partial charge in [-0.1, -0.05) is 0 Å². The van der Waals surface area contributed by atoms with Crippen LogP contribution in [0.3, 0.4) is 0 Å². The van der Waals surface area contributed by atoms with Gasteiger partial charge < -0.3 is 10.0 Å². The molecule has 0 aliphatic rings. The zero-order chi connectivity index (χ0) is 13.0. The number of anilines is 1. The van der Waals surface area contributed by atoms with Gasteiger partial charge in [-0.2, -0.15) is 0 Å². The van der Waals surface area contributed by atoms with E-state index in [-0.39, 0.29) is 5.69 Å². The van der Waals surface area contributed by atoms with Gasteiger partial charge in [0.25, 0.3) is 0 Å². The third-order valence-corrected chi connectivity index (χ3v) is 2.58. The van der Waals surface area contributed by atoms with Gasteiger partial charge in [-0.25, -0.2) is 9.78 Å². The number of carbonyl (C=O) groups is 1. The molecule has 92 valence electrons. The molecule has 0 unspecified atom stereocenters. The van der Waals surface area contributed by atoms with Gasteiger partial charge in [0.15, 0.2) is 0 Å². The fourth-order valence-electron chi connectivity index (χ4n) is 1.59. The van der Waals surface area contributed by atoms with Crippen molar-refractivity contribution >= 4 is 11.7 Å². The largest absolute Gasteiger partial charge is 0.477 e. The molecule has 0 bridgehead atoms. The number of nitrogens with zero attached hydrogens (tertiary/aromatic N) is 3. The molecule has 1 N–H and O–H groups in total. The summed E-state index contributed by atoms with van der Waals surface area (Å²) in [7, 11) is 1.93. The molecule has 0 spiro atoms. The normalized spacial score (nSPS) is 10.1. The van der Waals surface area contributed by atoms with Crippen molar-refractivity contribution in [2.75, 3.05) is 11.9 Å². The molecule has 0 aliphatic carbocycles. The Bertz CT molecular complexity index is 526. The predicted octanol–water partition coefficient (Wildman–Crippen LogP) is 1.81. The summed E-state index contributed by atoms with van der Waals surface area (Å²) < 4.78 is 0. The number of pyridine rings is 2. The van der Waals surface area contributed by atoms with Crippen LogP contribution in [0.5, 0.6) is 0 Å². The quantitative estimate of drug-likeness (QED) is 0.887. The topological polar surface area (TPSA) is 66.3 Å². The molecule has 0 atom stereocenters. The summed E-state index contributed by atoms with van der Waals surface area (Å²) in [6, 6.07) is 7.13. The van der Waals surface area contributed by atoms with Crippen molar-refractivity contribution in [2.45, 2.75) is 6.54 Å². The molecule has 18 heavy (non-hydrogen) atoms. The number of rotatable bonds is 4. The van der Waals surface area contributed by atoms with Gasteiger partial charge in [0, 0.05) is 26.0 Å². The Morgan fingerprint density at radius 1 is 1.28 bits per heavy atom. The third-order valence-electron chi connectivity index (χ3n) is 2.58.